The molecule has 0 aliphatic rings. The van der Waals surface area contributed by atoms with Gasteiger partial charge in [-0.15, -0.1) is 0 Å². The van der Waals surface area contributed by atoms with Crippen molar-refractivity contribution in [2.75, 3.05) is 0 Å². The molecule has 0 atom stereocenters. The van der Waals surface area contributed by atoms with Gasteiger partial charge in [-0.2, -0.15) is 0 Å². The van der Waals surface area contributed by atoms with E-state index in [1.165, 1.54) is 6.20 Å². The second kappa shape index (κ2) is 4.15. The third kappa shape index (κ3) is 1.83. The first kappa shape index (κ1) is 11.3. The number of hydrogen-bond acceptors (Lipinski definition) is 3. The quantitative estimate of drug-likeness (QED) is 0.816. The molecule has 2 heterocycles. The topological polar surface area (TPSA) is 77.2 Å². The summed E-state index contributed by atoms with van der Waals surface area (Å²) >= 11 is 0. The summed E-state index contributed by atoms with van der Waals surface area (Å²) in [5.74, 6) is -1.07. The zero-order chi connectivity index (χ0) is 9.42. The number of hydrogen-bond donors (Lipinski definition) is 1. The summed E-state index contributed by atoms with van der Waals surface area (Å²) in [7, 11) is 0. The van der Waals surface area contributed by atoms with Gasteiger partial charge in [-0.3, -0.25) is 0 Å². The predicted octanol–water partition coefficient (Wildman–Crippen LogP) is 0.591. The zero-order valence-corrected chi connectivity index (χ0v) is 10.3. The first-order chi connectivity index (χ1) is 6.18. The van der Waals surface area contributed by atoms with Crippen molar-refractivity contribution >= 4 is 17.1 Å². The van der Waals surface area contributed by atoms with Crippen LogP contribution in [0.4, 0.5) is 0 Å². The van der Waals surface area contributed by atoms with E-state index < -0.39 is 5.97 Å². The van der Waals surface area contributed by atoms with Crippen molar-refractivity contribution in [3.63, 3.8) is 0 Å². The van der Waals surface area contributed by atoms with E-state index in [0.29, 0.717) is 11.2 Å². The molecule has 0 aliphatic heterocycles. The maximum absolute atomic E-state index is 10.6. The van der Waals surface area contributed by atoms with Gasteiger partial charge in [0.1, 0.15) is 5.69 Å². The van der Waals surface area contributed by atoms with Crippen LogP contribution in [-0.4, -0.2) is 21.0 Å². The van der Waals surface area contributed by atoms with Gasteiger partial charge in [0.2, 0.25) is 0 Å². The molecule has 1 radical (unpaired) electrons. The fraction of sp³-hybridized carbons (Fsp3) is 0.125. The van der Waals surface area contributed by atoms with Crippen molar-refractivity contribution in [2.45, 2.75) is 6.92 Å². The van der Waals surface area contributed by atoms with E-state index in [-0.39, 0.29) is 38.4 Å². The minimum Gasteiger partial charge on any atom is -0.477 e. The molecule has 2 rings (SSSR count). The maximum Gasteiger partial charge on any atom is 0.354 e. The molecule has 0 aromatic carbocycles. The minimum atomic E-state index is -1.07. The number of aryl methyl sites for hydroxylation is 1. The van der Waals surface area contributed by atoms with E-state index in [4.69, 9.17) is 5.11 Å². The van der Waals surface area contributed by atoms with Gasteiger partial charge in [0.05, 0.1) is 5.52 Å². The molecular weight excluding hydrogens is 259 g/mol. The molecule has 0 aliphatic carbocycles. The van der Waals surface area contributed by atoms with Crippen LogP contribution in [0, 0.1) is 6.92 Å². The number of fused-ring (bicyclic) bond motifs is 1. The summed E-state index contributed by atoms with van der Waals surface area (Å²) in [6.45, 7) is 1.82. The Labute approximate surface area is 105 Å². The average Bonchev–Trinajstić information content (AvgIpc) is 2.47. The van der Waals surface area contributed by atoms with Crippen molar-refractivity contribution in [2.24, 2.45) is 0 Å². The predicted molar refractivity (Wildman–Crippen MR) is 44.6 cm³/mol. The van der Waals surface area contributed by atoms with E-state index in [1.807, 2.05) is 6.92 Å². The Hall–Kier alpha value is -0.806. The van der Waals surface area contributed by atoms with Crippen LogP contribution in [0.15, 0.2) is 12.4 Å². The van der Waals surface area contributed by atoms with E-state index in [9.17, 15) is 4.79 Å². The molecule has 5 nitrogen and oxygen atoms in total. The standard InChI is InChI=1S/C8H7N3O2.Y/c1-4-2-9-7-6(4)11-5(3-10-7)8(12)13;/h2-3H,1H3,(H2,9,10,11,12,13);/p-1. The first-order valence-corrected chi connectivity index (χ1v) is 3.67. The fourth-order valence-electron chi connectivity index (χ4n) is 1.06. The maximum atomic E-state index is 10.6. The molecule has 1 N–H and O–H groups in total. The zero-order valence-electron chi connectivity index (χ0n) is 7.43. The number of carboxylic acids is 1. The molecule has 2 aromatic rings. The molecule has 0 bridgehead atoms. The third-order valence-corrected chi connectivity index (χ3v) is 1.73. The Morgan fingerprint density at radius 2 is 2.29 bits per heavy atom. The van der Waals surface area contributed by atoms with Crippen LogP contribution in [0.2, 0.25) is 0 Å². The molecule has 0 saturated heterocycles. The molecule has 14 heavy (non-hydrogen) atoms. The van der Waals surface area contributed by atoms with Gasteiger partial charge < -0.3 is 15.1 Å². The summed E-state index contributed by atoms with van der Waals surface area (Å²) in [5, 5.41) is 8.65. The van der Waals surface area contributed by atoms with Gasteiger partial charge in [-0.05, 0) is 24.3 Å². The molecule has 0 unspecified atom stereocenters. The molecular formula is C8H6N3O2Y-. The molecule has 69 valence electrons. The van der Waals surface area contributed by atoms with E-state index >= 15 is 0 Å². The van der Waals surface area contributed by atoms with E-state index in [2.05, 4.69) is 15.0 Å². The molecule has 0 saturated carbocycles. The minimum absolute atomic E-state index is 0. The monoisotopic (exact) mass is 265 g/mol. The Morgan fingerprint density at radius 1 is 1.57 bits per heavy atom. The van der Waals surface area contributed by atoms with Crippen molar-refractivity contribution in [3.8, 4) is 0 Å². The largest absolute Gasteiger partial charge is 0.477 e. The summed E-state index contributed by atoms with van der Waals surface area (Å²) < 4.78 is 0. The Balaban J connectivity index is 0.000000980. The molecule has 0 spiro atoms. The van der Waals surface area contributed by atoms with Crippen LogP contribution >= 0.6 is 0 Å². The van der Waals surface area contributed by atoms with Crippen LogP contribution in [0.5, 0.6) is 0 Å². The molecule has 0 amide bonds. The summed E-state index contributed by atoms with van der Waals surface area (Å²) in [4.78, 5) is 22.3. The summed E-state index contributed by atoms with van der Waals surface area (Å²) in [6, 6.07) is 0. The van der Waals surface area contributed by atoms with Crippen molar-refractivity contribution in [1.82, 2.24) is 15.0 Å². The van der Waals surface area contributed by atoms with Crippen LogP contribution in [0.25, 0.3) is 11.2 Å². The van der Waals surface area contributed by atoms with Gasteiger partial charge in [-0.25, -0.2) is 9.78 Å². The van der Waals surface area contributed by atoms with Gasteiger partial charge >= 0.3 is 5.97 Å². The van der Waals surface area contributed by atoms with Crippen molar-refractivity contribution < 1.29 is 42.6 Å². The average molecular weight is 265 g/mol. The number of rotatable bonds is 1. The van der Waals surface area contributed by atoms with E-state index in [1.54, 1.807) is 6.20 Å². The summed E-state index contributed by atoms with van der Waals surface area (Å²) in [5.41, 5.74) is 1.83. The Kier molecular flexibility index (Phi) is 3.34. The molecule has 2 aromatic heterocycles. The number of aromatic nitrogens is 3. The molecule has 0 fully saturated rings. The second-order valence-corrected chi connectivity index (χ2v) is 2.67. The smallest absolute Gasteiger partial charge is 0.354 e. The third-order valence-electron chi connectivity index (χ3n) is 1.73. The van der Waals surface area contributed by atoms with E-state index in [0.717, 1.165) is 5.56 Å². The van der Waals surface area contributed by atoms with Crippen molar-refractivity contribution in [1.29, 1.82) is 0 Å². The van der Waals surface area contributed by atoms with Crippen LogP contribution in [0.1, 0.15) is 16.1 Å². The molecule has 6 heteroatoms. The van der Waals surface area contributed by atoms with Crippen LogP contribution in [-0.2, 0) is 32.7 Å². The Bertz CT molecular complexity index is 480. The van der Waals surface area contributed by atoms with Gasteiger partial charge in [0, 0.05) is 32.7 Å². The van der Waals surface area contributed by atoms with Crippen LogP contribution in [0.3, 0.4) is 0 Å². The summed E-state index contributed by atoms with van der Waals surface area (Å²) in [6.07, 6.45) is 2.83. The van der Waals surface area contributed by atoms with Gasteiger partial charge in [-0.1, -0.05) is 6.20 Å². The normalized spacial score (nSPS) is 9.79. The SMILES string of the molecule is Cc1c[n-]c2ncc(C(=O)O)nc12.[Y]. The fourth-order valence-corrected chi connectivity index (χ4v) is 1.06. The number of carbonyl (C=O) groups is 1. The second-order valence-electron chi connectivity index (χ2n) is 2.67. The first-order valence-electron chi connectivity index (χ1n) is 3.67. The van der Waals surface area contributed by atoms with Gasteiger partial charge in [0.15, 0.2) is 0 Å². The van der Waals surface area contributed by atoms with Crippen LogP contribution < -0.4 is 4.98 Å². The number of nitrogens with zero attached hydrogens (tertiary/aromatic N) is 3. The number of aromatic carboxylic acids is 1. The Morgan fingerprint density at radius 3 is 2.93 bits per heavy atom. The van der Waals surface area contributed by atoms with Gasteiger partial charge in [0.25, 0.3) is 0 Å². The number of carboxylic acid groups (broad SMARTS) is 1. The van der Waals surface area contributed by atoms with Crippen molar-refractivity contribution in [3.05, 3.63) is 23.7 Å².